The molecule has 0 atom stereocenters. The number of aliphatic hydroxyl groups is 1. The molecule has 0 aromatic heterocycles. The predicted molar refractivity (Wildman–Crippen MR) is 58.1 cm³/mol. The topological polar surface area (TPSA) is 20.2 Å². The lowest BCUT2D eigenvalue weighted by Crippen LogP contribution is -1.90. The third-order valence-corrected chi connectivity index (χ3v) is 2.85. The van der Waals surface area contributed by atoms with Crippen LogP contribution < -0.4 is 0 Å². The Morgan fingerprint density at radius 1 is 1.38 bits per heavy atom. The van der Waals surface area contributed by atoms with E-state index in [1.165, 1.54) is 10.5 Å². The van der Waals surface area contributed by atoms with Crippen LogP contribution in [0.2, 0.25) is 0 Å². The van der Waals surface area contributed by atoms with Crippen LogP contribution in [-0.4, -0.2) is 10.4 Å². The molecule has 2 heteroatoms. The highest BCUT2D eigenvalue weighted by Crippen LogP contribution is 2.24. The molecule has 72 valence electrons. The molecule has 0 aliphatic heterocycles. The maximum atomic E-state index is 8.98. The van der Waals surface area contributed by atoms with Crippen molar-refractivity contribution in [2.75, 3.05) is 0 Å². The fourth-order valence-corrected chi connectivity index (χ4v) is 2.13. The Morgan fingerprint density at radius 3 is 2.54 bits per heavy atom. The molecule has 0 heterocycles. The maximum Gasteiger partial charge on any atom is 0.0684 e. The van der Waals surface area contributed by atoms with E-state index in [0.717, 1.165) is 5.56 Å². The van der Waals surface area contributed by atoms with Crippen LogP contribution in [0.4, 0.5) is 0 Å². The Hall–Kier alpha value is -0.470. The first-order valence-electron chi connectivity index (χ1n) is 4.50. The van der Waals surface area contributed by atoms with Crippen LogP contribution in [0.15, 0.2) is 23.1 Å². The summed E-state index contributed by atoms with van der Waals surface area (Å²) >= 11 is 1.85. The van der Waals surface area contributed by atoms with Gasteiger partial charge in [-0.1, -0.05) is 19.9 Å². The van der Waals surface area contributed by atoms with Gasteiger partial charge in [0, 0.05) is 10.1 Å². The molecule has 0 bridgehead atoms. The summed E-state index contributed by atoms with van der Waals surface area (Å²) in [6.07, 6.45) is 0. The molecule has 1 rings (SSSR count). The third-order valence-electron chi connectivity index (χ3n) is 1.86. The number of aliphatic hydroxyl groups excluding tert-OH is 1. The van der Waals surface area contributed by atoms with Gasteiger partial charge in [0.1, 0.15) is 0 Å². The van der Waals surface area contributed by atoms with Crippen molar-refractivity contribution < 1.29 is 5.11 Å². The number of hydrogen-bond acceptors (Lipinski definition) is 2. The Balaban J connectivity index is 2.83. The first kappa shape index (κ1) is 10.6. The highest BCUT2D eigenvalue weighted by atomic mass is 32.2. The molecule has 1 aromatic carbocycles. The van der Waals surface area contributed by atoms with Gasteiger partial charge in [-0.25, -0.2) is 0 Å². The zero-order valence-corrected chi connectivity index (χ0v) is 9.19. The van der Waals surface area contributed by atoms with Crippen LogP contribution in [0, 0.1) is 6.92 Å². The van der Waals surface area contributed by atoms with Crippen LogP contribution in [-0.2, 0) is 6.61 Å². The number of benzene rings is 1. The second-order valence-corrected chi connectivity index (χ2v) is 5.06. The summed E-state index contributed by atoms with van der Waals surface area (Å²) < 4.78 is 0. The predicted octanol–water partition coefficient (Wildman–Crippen LogP) is 2.99. The Kier molecular flexibility index (Phi) is 3.82. The van der Waals surface area contributed by atoms with Gasteiger partial charge < -0.3 is 5.11 Å². The average Bonchev–Trinajstić information content (AvgIpc) is 2.03. The summed E-state index contributed by atoms with van der Waals surface area (Å²) in [7, 11) is 0. The van der Waals surface area contributed by atoms with Crippen molar-refractivity contribution in [3.63, 3.8) is 0 Å². The van der Waals surface area contributed by atoms with Crippen molar-refractivity contribution in [2.45, 2.75) is 37.5 Å². The van der Waals surface area contributed by atoms with Gasteiger partial charge in [-0.15, -0.1) is 11.8 Å². The first-order valence-corrected chi connectivity index (χ1v) is 5.38. The minimum Gasteiger partial charge on any atom is -0.392 e. The lowest BCUT2D eigenvalue weighted by atomic mass is 10.1. The van der Waals surface area contributed by atoms with E-state index in [1.807, 2.05) is 24.8 Å². The van der Waals surface area contributed by atoms with E-state index in [-0.39, 0.29) is 6.61 Å². The summed E-state index contributed by atoms with van der Waals surface area (Å²) in [5.74, 6) is 0. The Labute approximate surface area is 84.2 Å². The molecule has 0 unspecified atom stereocenters. The maximum absolute atomic E-state index is 8.98. The third kappa shape index (κ3) is 3.05. The van der Waals surface area contributed by atoms with Gasteiger partial charge in [-0.2, -0.15) is 0 Å². The largest absolute Gasteiger partial charge is 0.392 e. The molecule has 0 radical (unpaired) electrons. The van der Waals surface area contributed by atoms with Crippen molar-refractivity contribution in [3.05, 3.63) is 29.3 Å². The molecule has 1 N–H and O–H groups in total. The second-order valence-electron chi connectivity index (χ2n) is 3.41. The van der Waals surface area contributed by atoms with Gasteiger partial charge in [-0.3, -0.25) is 0 Å². The number of aryl methyl sites for hydroxylation is 1. The number of thioether (sulfide) groups is 1. The monoisotopic (exact) mass is 196 g/mol. The summed E-state index contributed by atoms with van der Waals surface area (Å²) in [6.45, 7) is 6.54. The van der Waals surface area contributed by atoms with Gasteiger partial charge in [0.05, 0.1) is 6.61 Å². The molecule has 0 saturated carbocycles. The number of rotatable bonds is 3. The van der Waals surface area contributed by atoms with Crippen molar-refractivity contribution in [2.24, 2.45) is 0 Å². The second kappa shape index (κ2) is 4.68. The van der Waals surface area contributed by atoms with Crippen molar-refractivity contribution in [1.82, 2.24) is 0 Å². The molecule has 1 aromatic rings. The zero-order valence-electron chi connectivity index (χ0n) is 8.37. The van der Waals surface area contributed by atoms with Crippen LogP contribution >= 0.6 is 11.8 Å². The molecule has 13 heavy (non-hydrogen) atoms. The minimum atomic E-state index is 0.137. The Morgan fingerprint density at radius 2 is 2.08 bits per heavy atom. The highest BCUT2D eigenvalue weighted by molar-refractivity contribution is 7.99. The van der Waals surface area contributed by atoms with Gasteiger partial charge in [0.25, 0.3) is 0 Å². The molecule has 1 nitrogen and oxygen atoms in total. The molecular formula is C11H16OS. The van der Waals surface area contributed by atoms with E-state index >= 15 is 0 Å². The quantitative estimate of drug-likeness (QED) is 0.750. The molecule has 0 fully saturated rings. The highest BCUT2D eigenvalue weighted by Gasteiger charge is 2.01. The average molecular weight is 196 g/mol. The van der Waals surface area contributed by atoms with Crippen molar-refractivity contribution >= 4 is 11.8 Å². The van der Waals surface area contributed by atoms with Gasteiger partial charge >= 0.3 is 0 Å². The lowest BCUT2D eigenvalue weighted by Gasteiger charge is -2.07. The fraction of sp³-hybridized carbons (Fsp3) is 0.455. The van der Waals surface area contributed by atoms with Crippen LogP contribution in [0.1, 0.15) is 25.0 Å². The fourth-order valence-electron chi connectivity index (χ4n) is 1.19. The summed E-state index contributed by atoms with van der Waals surface area (Å²) in [5, 5.41) is 9.59. The first-order chi connectivity index (χ1) is 6.13. The molecule has 0 amide bonds. The van der Waals surface area contributed by atoms with Crippen LogP contribution in [0.25, 0.3) is 0 Å². The van der Waals surface area contributed by atoms with Gasteiger partial charge in [-0.05, 0) is 30.2 Å². The molecule has 0 saturated heterocycles. The van der Waals surface area contributed by atoms with E-state index in [9.17, 15) is 0 Å². The summed E-state index contributed by atoms with van der Waals surface area (Å²) in [4.78, 5) is 1.28. The van der Waals surface area contributed by atoms with Gasteiger partial charge in [0.2, 0.25) is 0 Å². The van der Waals surface area contributed by atoms with E-state index in [0.29, 0.717) is 5.25 Å². The van der Waals surface area contributed by atoms with Crippen LogP contribution in [0.3, 0.4) is 0 Å². The minimum absolute atomic E-state index is 0.137. The van der Waals surface area contributed by atoms with E-state index in [1.54, 1.807) is 0 Å². The zero-order chi connectivity index (χ0) is 9.84. The van der Waals surface area contributed by atoms with E-state index in [2.05, 4.69) is 26.0 Å². The molecule has 0 aliphatic carbocycles. The summed E-state index contributed by atoms with van der Waals surface area (Å²) in [6, 6.07) is 6.21. The normalized spacial score (nSPS) is 10.8. The van der Waals surface area contributed by atoms with Crippen molar-refractivity contribution in [3.8, 4) is 0 Å². The smallest absolute Gasteiger partial charge is 0.0684 e. The molecular weight excluding hydrogens is 180 g/mol. The Bertz CT molecular complexity index is 281. The lowest BCUT2D eigenvalue weighted by molar-refractivity contribution is 0.281. The standard InChI is InChI=1S/C11H16OS/c1-8(2)13-11-5-4-10(7-12)9(3)6-11/h4-6,8,12H,7H2,1-3H3. The van der Waals surface area contributed by atoms with Crippen molar-refractivity contribution in [1.29, 1.82) is 0 Å². The van der Waals surface area contributed by atoms with Crippen LogP contribution in [0.5, 0.6) is 0 Å². The number of hydrogen-bond donors (Lipinski definition) is 1. The SMILES string of the molecule is Cc1cc(SC(C)C)ccc1CO. The van der Waals surface area contributed by atoms with Gasteiger partial charge in [0.15, 0.2) is 0 Å². The van der Waals surface area contributed by atoms with E-state index < -0.39 is 0 Å². The molecule has 0 spiro atoms. The summed E-state index contributed by atoms with van der Waals surface area (Å²) in [5.41, 5.74) is 2.20. The molecule has 0 aliphatic rings. The van der Waals surface area contributed by atoms with E-state index in [4.69, 9.17) is 5.11 Å².